The molecule has 0 fully saturated rings. The van der Waals surface area contributed by atoms with Crippen molar-refractivity contribution in [1.82, 2.24) is 4.98 Å². The highest BCUT2D eigenvalue weighted by molar-refractivity contribution is 7.22. The standard InChI is InChI=1S/C20H17N3O5S/c21-18(24)11-28-13-4-1-12(2-5-13)3-6-19(25)23-20-22-14-9-15-16(10-17(14)29-20)27-8-7-26-15/h1-6,9-10H,7-8,11H2,(H2,21,24)(H,22,23,25)/b6-3+. The molecular weight excluding hydrogens is 394 g/mol. The number of hydrogen-bond donors (Lipinski definition) is 2. The number of nitrogens with one attached hydrogen (secondary N) is 1. The highest BCUT2D eigenvalue weighted by Crippen LogP contribution is 2.37. The number of primary amides is 1. The summed E-state index contributed by atoms with van der Waals surface area (Å²) < 4.78 is 17.2. The van der Waals surface area contributed by atoms with Crippen LogP contribution in [0.1, 0.15) is 5.56 Å². The lowest BCUT2D eigenvalue weighted by molar-refractivity contribution is -0.120. The Kier molecular flexibility index (Phi) is 5.30. The van der Waals surface area contributed by atoms with E-state index in [2.05, 4.69) is 10.3 Å². The molecule has 0 spiro atoms. The minimum atomic E-state index is -0.541. The molecule has 2 heterocycles. The summed E-state index contributed by atoms with van der Waals surface area (Å²) in [5.41, 5.74) is 6.58. The number of anilines is 1. The monoisotopic (exact) mass is 411 g/mol. The predicted molar refractivity (Wildman–Crippen MR) is 109 cm³/mol. The van der Waals surface area contributed by atoms with Crippen molar-refractivity contribution in [1.29, 1.82) is 0 Å². The highest BCUT2D eigenvalue weighted by atomic mass is 32.1. The van der Waals surface area contributed by atoms with Crippen LogP contribution in [0.2, 0.25) is 0 Å². The summed E-state index contributed by atoms with van der Waals surface area (Å²) in [5, 5.41) is 3.25. The normalized spacial score (nSPS) is 12.8. The zero-order chi connectivity index (χ0) is 20.2. The lowest BCUT2D eigenvalue weighted by Crippen LogP contribution is -2.19. The van der Waals surface area contributed by atoms with Crippen molar-refractivity contribution >= 4 is 44.6 Å². The number of benzene rings is 2. The zero-order valence-electron chi connectivity index (χ0n) is 15.2. The summed E-state index contributed by atoms with van der Waals surface area (Å²) in [4.78, 5) is 27.3. The SMILES string of the molecule is NC(=O)COc1ccc(/C=C/C(=O)Nc2nc3cc4c(cc3s2)OCCO4)cc1. The fourth-order valence-electron chi connectivity index (χ4n) is 2.67. The number of hydrogen-bond acceptors (Lipinski definition) is 7. The van der Waals surface area contributed by atoms with Crippen LogP contribution in [0.4, 0.5) is 5.13 Å². The Morgan fingerprint density at radius 2 is 1.90 bits per heavy atom. The Hall–Kier alpha value is -3.59. The van der Waals surface area contributed by atoms with Crippen molar-refractivity contribution in [2.45, 2.75) is 0 Å². The molecular formula is C20H17N3O5S. The van der Waals surface area contributed by atoms with Gasteiger partial charge < -0.3 is 19.9 Å². The Labute approximate surface area is 169 Å². The maximum atomic E-state index is 12.2. The number of thiazole rings is 1. The molecule has 1 aliphatic rings. The lowest BCUT2D eigenvalue weighted by Gasteiger charge is -2.17. The molecule has 8 nitrogen and oxygen atoms in total. The van der Waals surface area contributed by atoms with Crippen LogP contribution in [0, 0.1) is 0 Å². The summed E-state index contributed by atoms with van der Waals surface area (Å²) in [6.07, 6.45) is 3.09. The Balaban J connectivity index is 1.39. The molecule has 4 rings (SSSR count). The van der Waals surface area contributed by atoms with Crippen molar-refractivity contribution in [2.75, 3.05) is 25.1 Å². The Bertz CT molecular complexity index is 1050. The highest BCUT2D eigenvalue weighted by Gasteiger charge is 2.15. The van der Waals surface area contributed by atoms with Crippen molar-refractivity contribution in [3.63, 3.8) is 0 Å². The molecule has 2 amide bonds. The molecule has 0 atom stereocenters. The van der Waals surface area contributed by atoms with Crippen LogP contribution < -0.4 is 25.3 Å². The lowest BCUT2D eigenvalue weighted by atomic mass is 10.2. The molecule has 148 valence electrons. The van der Waals surface area contributed by atoms with Gasteiger partial charge in [-0.25, -0.2) is 4.98 Å². The summed E-state index contributed by atoms with van der Waals surface area (Å²) in [6.45, 7) is 0.847. The molecule has 2 aromatic carbocycles. The molecule has 1 aromatic heterocycles. The fourth-order valence-corrected chi connectivity index (χ4v) is 3.55. The third-order valence-electron chi connectivity index (χ3n) is 3.97. The van der Waals surface area contributed by atoms with E-state index in [9.17, 15) is 9.59 Å². The molecule has 0 unspecified atom stereocenters. The van der Waals surface area contributed by atoms with E-state index in [1.165, 1.54) is 17.4 Å². The molecule has 0 saturated carbocycles. The molecule has 3 aromatic rings. The van der Waals surface area contributed by atoms with E-state index in [-0.39, 0.29) is 12.5 Å². The average Bonchev–Trinajstić information content (AvgIpc) is 3.10. The van der Waals surface area contributed by atoms with Crippen molar-refractivity contribution < 1.29 is 23.8 Å². The smallest absolute Gasteiger partial charge is 0.255 e. The van der Waals surface area contributed by atoms with Gasteiger partial charge in [0.1, 0.15) is 19.0 Å². The fraction of sp³-hybridized carbons (Fsp3) is 0.150. The van der Waals surface area contributed by atoms with Gasteiger partial charge in [-0.15, -0.1) is 0 Å². The first-order chi connectivity index (χ1) is 14.1. The van der Waals surface area contributed by atoms with E-state index in [0.717, 1.165) is 15.8 Å². The molecule has 0 saturated heterocycles. The number of ether oxygens (including phenoxy) is 3. The number of amides is 2. The molecule has 29 heavy (non-hydrogen) atoms. The average molecular weight is 411 g/mol. The van der Waals surface area contributed by atoms with Crippen LogP contribution in [0.3, 0.4) is 0 Å². The number of carbonyl (C=O) groups excluding carboxylic acids is 2. The summed E-state index contributed by atoms with van der Waals surface area (Å²) in [6, 6.07) is 10.6. The summed E-state index contributed by atoms with van der Waals surface area (Å²) in [7, 11) is 0. The van der Waals surface area contributed by atoms with E-state index < -0.39 is 5.91 Å². The molecule has 3 N–H and O–H groups in total. The van der Waals surface area contributed by atoms with E-state index in [1.54, 1.807) is 30.3 Å². The first-order valence-corrected chi connectivity index (χ1v) is 9.59. The summed E-state index contributed by atoms with van der Waals surface area (Å²) in [5.74, 6) is 1.04. The third kappa shape index (κ3) is 4.64. The maximum Gasteiger partial charge on any atom is 0.255 e. The van der Waals surface area contributed by atoms with Crippen LogP contribution >= 0.6 is 11.3 Å². The summed E-state index contributed by atoms with van der Waals surface area (Å²) >= 11 is 1.36. The van der Waals surface area contributed by atoms with Gasteiger partial charge in [-0.2, -0.15) is 0 Å². The van der Waals surface area contributed by atoms with Crippen LogP contribution in [0.5, 0.6) is 17.2 Å². The number of carbonyl (C=O) groups is 2. The minimum Gasteiger partial charge on any atom is -0.486 e. The third-order valence-corrected chi connectivity index (χ3v) is 4.90. The van der Waals surface area contributed by atoms with Gasteiger partial charge in [0.05, 0.1) is 10.2 Å². The van der Waals surface area contributed by atoms with Gasteiger partial charge >= 0.3 is 0 Å². The van der Waals surface area contributed by atoms with Gasteiger partial charge in [-0.3, -0.25) is 14.9 Å². The zero-order valence-corrected chi connectivity index (χ0v) is 16.0. The van der Waals surface area contributed by atoms with Crippen LogP contribution in [-0.2, 0) is 9.59 Å². The predicted octanol–water partition coefficient (Wildman–Crippen LogP) is 2.58. The maximum absolute atomic E-state index is 12.2. The van der Waals surface area contributed by atoms with Gasteiger partial charge in [0.15, 0.2) is 23.2 Å². The number of fused-ring (bicyclic) bond motifs is 2. The van der Waals surface area contributed by atoms with E-state index in [0.29, 0.717) is 35.6 Å². The van der Waals surface area contributed by atoms with Gasteiger partial charge in [-0.1, -0.05) is 23.5 Å². The first kappa shape index (κ1) is 18.8. The van der Waals surface area contributed by atoms with Gasteiger partial charge in [0, 0.05) is 18.2 Å². The van der Waals surface area contributed by atoms with Crippen molar-refractivity contribution in [2.24, 2.45) is 5.73 Å². The molecule has 0 bridgehead atoms. The van der Waals surface area contributed by atoms with Gasteiger partial charge in [0.2, 0.25) is 5.91 Å². The largest absolute Gasteiger partial charge is 0.486 e. The molecule has 1 aliphatic heterocycles. The van der Waals surface area contributed by atoms with E-state index in [4.69, 9.17) is 19.9 Å². The Morgan fingerprint density at radius 1 is 1.17 bits per heavy atom. The van der Waals surface area contributed by atoms with Gasteiger partial charge in [-0.05, 0) is 23.8 Å². The second kappa shape index (κ2) is 8.19. The topological polar surface area (TPSA) is 113 Å². The second-order valence-corrected chi connectivity index (χ2v) is 7.16. The number of rotatable bonds is 6. The second-order valence-electron chi connectivity index (χ2n) is 6.13. The van der Waals surface area contributed by atoms with Crippen LogP contribution in [-0.4, -0.2) is 36.6 Å². The molecule has 0 aliphatic carbocycles. The quantitative estimate of drug-likeness (QED) is 0.603. The minimum absolute atomic E-state index is 0.180. The van der Waals surface area contributed by atoms with Gasteiger partial charge in [0.25, 0.3) is 5.91 Å². The van der Waals surface area contributed by atoms with Crippen molar-refractivity contribution in [3.05, 3.63) is 48.0 Å². The Morgan fingerprint density at radius 3 is 2.62 bits per heavy atom. The van der Waals surface area contributed by atoms with E-state index >= 15 is 0 Å². The first-order valence-electron chi connectivity index (χ1n) is 8.77. The molecule has 0 radical (unpaired) electrons. The van der Waals surface area contributed by atoms with E-state index in [1.807, 2.05) is 12.1 Å². The van der Waals surface area contributed by atoms with Crippen LogP contribution in [0.25, 0.3) is 16.3 Å². The van der Waals surface area contributed by atoms with Crippen LogP contribution in [0.15, 0.2) is 42.5 Å². The van der Waals surface area contributed by atoms with Crippen molar-refractivity contribution in [3.8, 4) is 17.2 Å². The number of aromatic nitrogens is 1. The number of nitrogens with zero attached hydrogens (tertiary/aromatic N) is 1. The molecule has 9 heteroatoms. The number of nitrogens with two attached hydrogens (primary N) is 1.